The van der Waals surface area contributed by atoms with Crippen LogP contribution in [0.1, 0.15) is 29.0 Å². The Morgan fingerprint density at radius 1 is 1.35 bits per heavy atom. The number of hydrogen-bond donors (Lipinski definition) is 1. The molecule has 0 radical (unpaired) electrons. The summed E-state index contributed by atoms with van der Waals surface area (Å²) in [6.45, 7) is 5.25. The molecule has 1 aromatic heterocycles. The SMILES string of the molecule is Cc1cccc([C@@H](C)NCc2sccc2Br)c1. The molecule has 1 heterocycles. The minimum absolute atomic E-state index is 0.379. The highest BCUT2D eigenvalue weighted by molar-refractivity contribution is 9.10. The van der Waals surface area contributed by atoms with Gasteiger partial charge in [0.2, 0.25) is 0 Å². The van der Waals surface area contributed by atoms with E-state index in [-0.39, 0.29) is 0 Å². The largest absolute Gasteiger partial charge is 0.305 e. The Kier molecular flexibility index (Phi) is 4.37. The molecule has 3 heteroatoms. The Labute approximate surface area is 115 Å². The van der Waals surface area contributed by atoms with Crippen molar-refractivity contribution >= 4 is 27.3 Å². The summed E-state index contributed by atoms with van der Waals surface area (Å²) >= 11 is 5.34. The summed E-state index contributed by atoms with van der Waals surface area (Å²) in [6.07, 6.45) is 0. The zero-order valence-electron chi connectivity index (χ0n) is 10.0. The van der Waals surface area contributed by atoms with E-state index in [4.69, 9.17) is 0 Å². The predicted molar refractivity (Wildman–Crippen MR) is 78.5 cm³/mol. The normalized spacial score (nSPS) is 12.6. The van der Waals surface area contributed by atoms with Crippen molar-refractivity contribution in [2.45, 2.75) is 26.4 Å². The van der Waals surface area contributed by atoms with E-state index in [0.29, 0.717) is 6.04 Å². The fraction of sp³-hybridized carbons (Fsp3) is 0.286. The molecule has 0 saturated heterocycles. The summed E-state index contributed by atoms with van der Waals surface area (Å²) in [6, 6.07) is 11.1. The molecular formula is C14H16BrNS. The second-order valence-corrected chi connectivity index (χ2v) is 6.06. The molecule has 1 N–H and O–H groups in total. The third-order valence-electron chi connectivity index (χ3n) is 2.80. The number of rotatable bonds is 4. The fourth-order valence-corrected chi connectivity index (χ4v) is 3.20. The van der Waals surface area contributed by atoms with Gasteiger partial charge in [-0.3, -0.25) is 0 Å². The second-order valence-electron chi connectivity index (χ2n) is 4.21. The molecule has 1 atom stereocenters. The maximum absolute atomic E-state index is 3.55. The van der Waals surface area contributed by atoms with Gasteiger partial charge < -0.3 is 5.32 Å². The Bertz CT molecular complexity index is 492. The summed E-state index contributed by atoms with van der Waals surface area (Å²) < 4.78 is 1.20. The Morgan fingerprint density at radius 3 is 2.82 bits per heavy atom. The van der Waals surface area contributed by atoms with Crippen LogP contribution in [-0.2, 0) is 6.54 Å². The van der Waals surface area contributed by atoms with Gasteiger partial charge in [0.05, 0.1) is 0 Å². The number of hydrogen-bond acceptors (Lipinski definition) is 2. The second kappa shape index (κ2) is 5.80. The number of aryl methyl sites for hydroxylation is 1. The van der Waals surface area contributed by atoms with Crippen LogP contribution in [-0.4, -0.2) is 0 Å². The average Bonchev–Trinajstić information content (AvgIpc) is 2.72. The molecule has 90 valence electrons. The summed E-state index contributed by atoms with van der Waals surface area (Å²) in [4.78, 5) is 1.35. The van der Waals surface area contributed by atoms with Gasteiger partial charge >= 0.3 is 0 Å². The van der Waals surface area contributed by atoms with Crippen LogP contribution in [0.4, 0.5) is 0 Å². The highest BCUT2D eigenvalue weighted by atomic mass is 79.9. The highest BCUT2D eigenvalue weighted by Gasteiger charge is 2.06. The van der Waals surface area contributed by atoms with Crippen LogP contribution in [0.25, 0.3) is 0 Å². The van der Waals surface area contributed by atoms with E-state index in [1.165, 1.54) is 20.5 Å². The van der Waals surface area contributed by atoms with E-state index < -0.39 is 0 Å². The van der Waals surface area contributed by atoms with Crippen LogP contribution in [0.2, 0.25) is 0 Å². The molecule has 0 amide bonds. The van der Waals surface area contributed by atoms with Gasteiger partial charge in [-0.1, -0.05) is 29.8 Å². The van der Waals surface area contributed by atoms with Gasteiger partial charge in [0.15, 0.2) is 0 Å². The van der Waals surface area contributed by atoms with E-state index in [0.717, 1.165) is 6.54 Å². The minimum Gasteiger partial charge on any atom is -0.305 e. The molecule has 2 aromatic rings. The predicted octanol–water partition coefficient (Wildman–Crippen LogP) is 4.67. The first kappa shape index (κ1) is 12.8. The van der Waals surface area contributed by atoms with Gasteiger partial charge in [0, 0.05) is 21.9 Å². The quantitative estimate of drug-likeness (QED) is 0.865. The van der Waals surface area contributed by atoms with Crippen molar-refractivity contribution in [1.29, 1.82) is 0 Å². The maximum atomic E-state index is 3.55. The van der Waals surface area contributed by atoms with Gasteiger partial charge in [0.25, 0.3) is 0 Å². The van der Waals surface area contributed by atoms with Crippen molar-refractivity contribution in [3.63, 3.8) is 0 Å². The van der Waals surface area contributed by atoms with Crippen LogP contribution in [0.15, 0.2) is 40.2 Å². The van der Waals surface area contributed by atoms with Gasteiger partial charge in [-0.25, -0.2) is 0 Å². The van der Waals surface area contributed by atoms with Crippen LogP contribution in [0.3, 0.4) is 0 Å². The average molecular weight is 310 g/mol. The molecular weight excluding hydrogens is 294 g/mol. The Hall–Kier alpha value is -0.640. The summed E-state index contributed by atoms with van der Waals surface area (Å²) in [5, 5.41) is 5.66. The number of nitrogens with one attached hydrogen (secondary N) is 1. The van der Waals surface area contributed by atoms with Gasteiger partial charge in [-0.15, -0.1) is 11.3 Å². The zero-order valence-corrected chi connectivity index (χ0v) is 12.4. The van der Waals surface area contributed by atoms with Crippen molar-refractivity contribution in [2.75, 3.05) is 0 Å². The summed E-state index contributed by atoms with van der Waals surface area (Å²) in [5.74, 6) is 0. The molecule has 0 bridgehead atoms. The van der Waals surface area contributed by atoms with Crippen LogP contribution >= 0.6 is 27.3 Å². The molecule has 0 spiro atoms. The van der Waals surface area contributed by atoms with Crippen molar-refractivity contribution in [2.24, 2.45) is 0 Å². The highest BCUT2D eigenvalue weighted by Crippen LogP contribution is 2.23. The molecule has 1 aromatic carbocycles. The summed E-state index contributed by atoms with van der Waals surface area (Å²) in [7, 11) is 0. The first-order chi connectivity index (χ1) is 8.16. The van der Waals surface area contributed by atoms with E-state index in [9.17, 15) is 0 Å². The monoisotopic (exact) mass is 309 g/mol. The van der Waals surface area contributed by atoms with Gasteiger partial charge in [-0.05, 0) is 46.8 Å². The van der Waals surface area contributed by atoms with E-state index in [1.807, 2.05) is 0 Å². The smallest absolute Gasteiger partial charge is 0.0327 e. The van der Waals surface area contributed by atoms with E-state index in [2.05, 4.69) is 70.8 Å². The van der Waals surface area contributed by atoms with E-state index >= 15 is 0 Å². The fourth-order valence-electron chi connectivity index (χ4n) is 1.75. The number of thiophene rings is 1. The molecule has 0 aliphatic rings. The Balaban J connectivity index is 1.98. The topological polar surface area (TPSA) is 12.0 Å². The standard InChI is InChI=1S/C14H16BrNS/c1-10-4-3-5-12(8-10)11(2)16-9-14-13(15)6-7-17-14/h3-8,11,16H,9H2,1-2H3/t11-/m1/s1. The Morgan fingerprint density at radius 2 is 2.18 bits per heavy atom. The van der Waals surface area contributed by atoms with Crippen LogP contribution in [0, 0.1) is 6.92 Å². The molecule has 0 aliphatic carbocycles. The molecule has 0 saturated carbocycles. The van der Waals surface area contributed by atoms with E-state index in [1.54, 1.807) is 11.3 Å². The summed E-state index contributed by atoms with van der Waals surface area (Å²) in [5.41, 5.74) is 2.66. The molecule has 17 heavy (non-hydrogen) atoms. The molecule has 0 aliphatic heterocycles. The van der Waals surface area contributed by atoms with Crippen molar-refractivity contribution in [3.05, 3.63) is 56.2 Å². The van der Waals surface area contributed by atoms with Gasteiger partial charge in [-0.2, -0.15) is 0 Å². The van der Waals surface area contributed by atoms with Crippen molar-refractivity contribution < 1.29 is 0 Å². The van der Waals surface area contributed by atoms with Crippen molar-refractivity contribution in [1.82, 2.24) is 5.32 Å². The lowest BCUT2D eigenvalue weighted by Gasteiger charge is -2.14. The maximum Gasteiger partial charge on any atom is 0.0327 e. The first-order valence-corrected chi connectivity index (χ1v) is 7.36. The van der Waals surface area contributed by atoms with Gasteiger partial charge in [0.1, 0.15) is 0 Å². The lowest BCUT2D eigenvalue weighted by molar-refractivity contribution is 0.578. The molecule has 1 nitrogen and oxygen atoms in total. The van der Waals surface area contributed by atoms with Crippen LogP contribution < -0.4 is 5.32 Å². The number of benzene rings is 1. The van der Waals surface area contributed by atoms with Crippen LogP contribution in [0.5, 0.6) is 0 Å². The molecule has 0 unspecified atom stereocenters. The first-order valence-electron chi connectivity index (χ1n) is 5.68. The zero-order chi connectivity index (χ0) is 12.3. The lowest BCUT2D eigenvalue weighted by Crippen LogP contribution is -2.17. The van der Waals surface area contributed by atoms with Crippen molar-refractivity contribution in [3.8, 4) is 0 Å². The third-order valence-corrected chi connectivity index (χ3v) is 4.73. The number of halogens is 1. The lowest BCUT2D eigenvalue weighted by atomic mass is 10.1. The molecule has 2 rings (SSSR count). The molecule has 0 fully saturated rings. The third kappa shape index (κ3) is 3.41. The minimum atomic E-state index is 0.379.